The van der Waals surface area contributed by atoms with Gasteiger partial charge in [0.1, 0.15) is 5.69 Å². The van der Waals surface area contributed by atoms with Crippen molar-refractivity contribution < 1.29 is 14.7 Å². The minimum atomic E-state index is -1.27. The Morgan fingerprint density at radius 2 is 1.89 bits per heavy atom. The Hall–Kier alpha value is -1.88. The molecule has 1 amide bonds. The van der Waals surface area contributed by atoms with Crippen molar-refractivity contribution in [3.05, 3.63) is 30.3 Å². The molecule has 0 spiro atoms. The summed E-state index contributed by atoms with van der Waals surface area (Å²) in [5, 5.41) is 9.32. The van der Waals surface area contributed by atoms with Gasteiger partial charge in [-0.15, -0.1) is 0 Å². The van der Waals surface area contributed by atoms with E-state index in [-0.39, 0.29) is 4.48 Å². The quantitative estimate of drug-likeness (QED) is 0.577. The molecule has 5 heteroatoms. The minimum Gasteiger partial charge on any atom is -0.476 e. The van der Waals surface area contributed by atoms with E-state index in [0.717, 1.165) is 18.5 Å². The number of quaternary nitrogens is 1. The van der Waals surface area contributed by atoms with Crippen LogP contribution in [0.4, 0.5) is 5.69 Å². The van der Waals surface area contributed by atoms with E-state index in [1.54, 1.807) is 7.05 Å². The van der Waals surface area contributed by atoms with E-state index in [4.69, 9.17) is 5.73 Å². The van der Waals surface area contributed by atoms with E-state index in [9.17, 15) is 14.7 Å². The fourth-order valence-electron chi connectivity index (χ4n) is 2.31. The Labute approximate surface area is 113 Å². The highest BCUT2D eigenvalue weighted by molar-refractivity contribution is 6.02. The van der Waals surface area contributed by atoms with E-state index in [1.165, 1.54) is 0 Å². The van der Waals surface area contributed by atoms with Crippen molar-refractivity contribution in [2.75, 3.05) is 13.6 Å². The monoisotopic (exact) mass is 265 g/mol. The summed E-state index contributed by atoms with van der Waals surface area (Å²) in [6, 6.07) is 7.90. The molecule has 0 radical (unpaired) electrons. The average Bonchev–Trinajstić information content (AvgIpc) is 2.36. The molecule has 2 unspecified atom stereocenters. The topological polar surface area (TPSA) is 80.4 Å². The van der Waals surface area contributed by atoms with Gasteiger partial charge in [-0.1, -0.05) is 31.5 Å². The molecular formula is C14H21N2O3+. The summed E-state index contributed by atoms with van der Waals surface area (Å²) in [6.07, 6.45) is 1.74. The van der Waals surface area contributed by atoms with E-state index in [2.05, 4.69) is 0 Å². The number of nitrogens with zero attached hydrogens (tertiary/aromatic N) is 1. The molecule has 0 aliphatic heterocycles. The first-order chi connectivity index (χ1) is 8.93. The van der Waals surface area contributed by atoms with Crippen LogP contribution in [-0.2, 0) is 9.59 Å². The van der Waals surface area contributed by atoms with Crippen LogP contribution in [0.25, 0.3) is 0 Å². The van der Waals surface area contributed by atoms with Gasteiger partial charge in [0.25, 0.3) is 11.9 Å². The second-order valence-electron chi connectivity index (χ2n) is 4.82. The number of primary amides is 1. The molecule has 0 saturated heterocycles. The van der Waals surface area contributed by atoms with Crippen LogP contribution in [0.5, 0.6) is 0 Å². The molecule has 0 aromatic heterocycles. The third kappa shape index (κ3) is 3.32. The summed E-state index contributed by atoms with van der Waals surface area (Å²) in [6.45, 7) is 2.58. The zero-order chi connectivity index (χ0) is 14.5. The molecule has 1 rings (SSSR count). The molecule has 104 valence electrons. The van der Waals surface area contributed by atoms with Gasteiger partial charge >= 0.3 is 5.97 Å². The predicted octanol–water partition coefficient (Wildman–Crippen LogP) is 1.36. The first kappa shape index (κ1) is 15.2. The minimum absolute atomic E-state index is 0.000648. The van der Waals surface area contributed by atoms with Crippen LogP contribution in [0.3, 0.4) is 0 Å². The maximum Gasteiger partial charge on any atom is 0.373 e. The highest BCUT2D eigenvalue weighted by Gasteiger charge is 2.44. The SMILES string of the molecule is CCCC[N+](C)(c1ccccc1)C(C(N)=O)C(=O)O. The van der Waals surface area contributed by atoms with Gasteiger partial charge < -0.3 is 10.8 Å². The number of hydrogen-bond acceptors (Lipinski definition) is 2. The fraction of sp³-hybridized carbons (Fsp3) is 0.429. The summed E-state index contributed by atoms with van der Waals surface area (Å²) in [7, 11) is 1.74. The molecule has 0 aliphatic carbocycles. The fourth-order valence-corrected chi connectivity index (χ4v) is 2.31. The van der Waals surface area contributed by atoms with Crippen LogP contribution in [0, 0.1) is 0 Å². The first-order valence-corrected chi connectivity index (χ1v) is 6.36. The number of carbonyl (C=O) groups excluding carboxylic acids is 1. The number of benzene rings is 1. The molecule has 0 fully saturated rings. The molecule has 19 heavy (non-hydrogen) atoms. The number of nitrogens with two attached hydrogens (primary N) is 1. The van der Waals surface area contributed by atoms with Crippen molar-refractivity contribution in [3.63, 3.8) is 0 Å². The van der Waals surface area contributed by atoms with Crippen molar-refractivity contribution >= 4 is 17.6 Å². The summed E-state index contributed by atoms with van der Waals surface area (Å²) in [5.41, 5.74) is 6.08. The number of rotatable bonds is 7. The summed E-state index contributed by atoms with van der Waals surface area (Å²) in [5.74, 6) is -2.00. The molecule has 0 aliphatic rings. The van der Waals surface area contributed by atoms with Gasteiger partial charge in [-0.3, -0.25) is 9.28 Å². The average molecular weight is 265 g/mol. The Morgan fingerprint density at radius 1 is 1.32 bits per heavy atom. The largest absolute Gasteiger partial charge is 0.476 e. The number of carboxylic acid groups (broad SMARTS) is 1. The van der Waals surface area contributed by atoms with Gasteiger partial charge in [0.2, 0.25) is 0 Å². The predicted molar refractivity (Wildman–Crippen MR) is 74.6 cm³/mol. The van der Waals surface area contributed by atoms with Crippen molar-refractivity contribution in [1.29, 1.82) is 0 Å². The zero-order valence-electron chi connectivity index (χ0n) is 11.4. The lowest BCUT2D eigenvalue weighted by Gasteiger charge is -2.37. The third-order valence-electron chi connectivity index (χ3n) is 3.40. The highest BCUT2D eigenvalue weighted by atomic mass is 16.4. The van der Waals surface area contributed by atoms with Crippen molar-refractivity contribution in [1.82, 2.24) is 4.48 Å². The molecule has 5 nitrogen and oxygen atoms in total. The number of para-hydroxylation sites is 1. The normalized spacial score (nSPS) is 15.5. The Balaban J connectivity index is 3.25. The van der Waals surface area contributed by atoms with Crippen molar-refractivity contribution in [2.24, 2.45) is 5.73 Å². The van der Waals surface area contributed by atoms with Crippen molar-refractivity contribution in [3.8, 4) is 0 Å². The van der Waals surface area contributed by atoms with Gasteiger partial charge in [0.05, 0.1) is 13.6 Å². The zero-order valence-corrected chi connectivity index (χ0v) is 11.4. The van der Waals surface area contributed by atoms with Crippen LogP contribution in [0.15, 0.2) is 30.3 Å². The van der Waals surface area contributed by atoms with Gasteiger partial charge in [0.15, 0.2) is 0 Å². The molecule has 2 atom stereocenters. The number of unbranched alkanes of at least 4 members (excludes halogenated alkanes) is 1. The van der Waals surface area contributed by atoms with E-state index < -0.39 is 17.9 Å². The van der Waals surface area contributed by atoms with Gasteiger partial charge in [-0.25, -0.2) is 4.79 Å². The van der Waals surface area contributed by atoms with Crippen LogP contribution >= 0.6 is 0 Å². The summed E-state index contributed by atoms with van der Waals surface area (Å²) >= 11 is 0. The number of hydrogen-bond donors (Lipinski definition) is 2. The Morgan fingerprint density at radius 3 is 2.32 bits per heavy atom. The molecule has 1 aromatic carbocycles. The maximum absolute atomic E-state index is 11.5. The molecular weight excluding hydrogens is 244 g/mol. The maximum atomic E-state index is 11.5. The number of aliphatic carboxylic acids is 1. The lowest BCUT2D eigenvalue weighted by molar-refractivity contribution is -0.146. The molecule has 0 bridgehead atoms. The Bertz CT molecular complexity index is 433. The molecule has 0 heterocycles. The van der Waals surface area contributed by atoms with Gasteiger partial charge in [0, 0.05) is 0 Å². The van der Waals surface area contributed by atoms with E-state index in [1.807, 2.05) is 37.3 Å². The number of carboxylic acids is 1. The highest BCUT2D eigenvalue weighted by Crippen LogP contribution is 2.25. The Kier molecular flexibility index (Phi) is 5.06. The van der Waals surface area contributed by atoms with Gasteiger partial charge in [-0.05, 0) is 18.6 Å². The van der Waals surface area contributed by atoms with E-state index >= 15 is 0 Å². The number of amides is 1. The smallest absolute Gasteiger partial charge is 0.373 e. The lowest BCUT2D eigenvalue weighted by atomic mass is 10.1. The second-order valence-corrected chi connectivity index (χ2v) is 4.82. The molecule has 1 aromatic rings. The van der Waals surface area contributed by atoms with Crippen LogP contribution in [-0.4, -0.2) is 36.6 Å². The molecule has 0 saturated carbocycles. The van der Waals surface area contributed by atoms with Crippen LogP contribution < -0.4 is 10.2 Å². The molecule has 3 N–H and O–H groups in total. The van der Waals surface area contributed by atoms with Crippen LogP contribution in [0.1, 0.15) is 19.8 Å². The second kappa shape index (κ2) is 6.33. The number of likely N-dealkylation sites (N-methyl/N-ethyl adjacent to an activating group) is 1. The first-order valence-electron chi connectivity index (χ1n) is 6.36. The lowest BCUT2D eigenvalue weighted by Crippen LogP contribution is -2.63. The third-order valence-corrected chi connectivity index (χ3v) is 3.40. The van der Waals surface area contributed by atoms with E-state index in [0.29, 0.717) is 6.54 Å². The summed E-state index contributed by atoms with van der Waals surface area (Å²) < 4.78 is -0.000648. The summed E-state index contributed by atoms with van der Waals surface area (Å²) in [4.78, 5) is 23.0. The standard InChI is InChI=1S/C14H20N2O3/c1-3-4-10-16(2,11-8-6-5-7-9-11)12(13(15)17)14(18)19/h5-9,12H,3-4,10H2,1-2H3,(H2-,15,17,18,19)/p+1. The van der Waals surface area contributed by atoms with Crippen LogP contribution in [0.2, 0.25) is 0 Å². The van der Waals surface area contributed by atoms with Gasteiger partial charge in [-0.2, -0.15) is 0 Å². The van der Waals surface area contributed by atoms with Crippen molar-refractivity contribution in [2.45, 2.75) is 25.8 Å². The number of carbonyl (C=O) groups is 2.